The topological polar surface area (TPSA) is 130 Å². The van der Waals surface area contributed by atoms with E-state index in [4.69, 9.17) is 0 Å². The minimum Gasteiger partial charge on any atom is -0.550 e. The smallest absolute Gasteiger partial charge is 0.550 e. The van der Waals surface area contributed by atoms with Crippen LogP contribution in [0.5, 0.6) is 0 Å². The molecular weight excluding hydrogens is 301 g/mol. The minimum absolute atomic E-state index is 0. The van der Waals surface area contributed by atoms with Gasteiger partial charge in [-0.05, 0) is 0 Å². The molecule has 0 rings (SSSR count). The fourth-order valence-corrected chi connectivity index (χ4v) is 0.530. The van der Waals surface area contributed by atoms with Gasteiger partial charge in [0, 0.05) is 12.4 Å². The van der Waals surface area contributed by atoms with Crippen LogP contribution in [0.25, 0.3) is 0 Å². The summed E-state index contributed by atoms with van der Waals surface area (Å²) in [5.41, 5.74) is 0. The van der Waals surface area contributed by atoms with Crippen LogP contribution < -0.4 is 169 Å². The third-order valence-corrected chi connectivity index (χ3v) is 1.02. The summed E-state index contributed by atoms with van der Waals surface area (Å²) in [7, 11) is 0. The number of carboxylic acids is 3. The molecule has 0 aromatic heterocycles. The van der Waals surface area contributed by atoms with Crippen molar-refractivity contribution in [2.75, 3.05) is 6.61 Å². The summed E-state index contributed by atoms with van der Waals surface area (Å²) in [5, 5.41) is 29.8. The van der Waals surface area contributed by atoms with Gasteiger partial charge in [-0.3, -0.25) is 0 Å². The van der Waals surface area contributed by atoms with Crippen molar-refractivity contribution in [2.45, 2.75) is 12.5 Å². The molecule has 1 atom stereocenters. The Morgan fingerprint density at radius 2 is 1.38 bits per heavy atom. The normalized spacial score (nSPS) is 9.75. The summed E-state index contributed by atoms with van der Waals surface area (Å²) in [6.07, 6.45) is -2.79. The SMILES string of the molecule is O=C([O-])COC(CC(=O)[O-])C(=O)[O-].[K+].[K+].[K+]. The maximum atomic E-state index is 10.1. The molecule has 0 aliphatic heterocycles. The average Bonchev–Trinajstić information content (AvgIpc) is 1.96. The zero-order chi connectivity index (χ0) is 10.4. The van der Waals surface area contributed by atoms with Gasteiger partial charge in [-0.2, -0.15) is 0 Å². The van der Waals surface area contributed by atoms with Crippen molar-refractivity contribution in [1.82, 2.24) is 0 Å². The molecule has 74 valence electrons. The number of rotatable bonds is 6. The zero-order valence-electron chi connectivity index (χ0n) is 9.35. The van der Waals surface area contributed by atoms with E-state index in [1.165, 1.54) is 0 Å². The molecule has 0 amide bonds. The molecule has 0 bridgehead atoms. The van der Waals surface area contributed by atoms with Crippen LogP contribution in [0.1, 0.15) is 6.42 Å². The summed E-state index contributed by atoms with van der Waals surface area (Å²) < 4.78 is 4.13. The molecule has 10 heteroatoms. The third kappa shape index (κ3) is 17.3. The molecule has 0 saturated heterocycles. The van der Waals surface area contributed by atoms with Crippen LogP contribution in [0.15, 0.2) is 0 Å². The predicted octanol–water partition coefficient (Wildman–Crippen LogP) is -14.0. The Morgan fingerprint density at radius 3 is 1.62 bits per heavy atom. The van der Waals surface area contributed by atoms with Crippen molar-refractivity contribution in [2.24, 2.45) is 0 Å². The number of hydrogen-bond donors (Lipinski definition) is 0. The van der Waals surface area contributed by atoms with E-state index in [-0.39, 0.29) is 154 Å². The molecule has 0 saturated carbocycles. The molecule has 0 aliphatic rings. The van der Waals surface area contributed by atoms with Gasteiger partial charge >= 0.3 is 154 Å². The van der Waals surface area contributed by atoms with Crippen molar-refractivity contribution in [3.05, 3.63) is 0 Å². The zero-order valence-corrected chi connectivity index (χ0v) is 18.7. The van der Waals surface area contributed by atoms with Crippen LogP contribution in [-0.4, -0.2) is 30.6 Å². The second kappa shape index (κ2) is 16.3. The van der Waals surface area contributed by atoms with Crippen LogP contribution in [-0.2, 0) is 19.1 Å². The maximum Gasteiger partial charge on any atom is 1.00 e. The molecular formula is C6H5K3O7. The van der Waals surface area contributed by atoms with Gasteiger partial charge in [-0.1, -0.05) is 0 Å². The second-order valence-corrected chi connectivity index (χ2v) is 2.07. The van der Waals surface area contributed by atoms with Crippen LogP contribution in [0.2, 0.25) is 0 Å². The van der Waals surface area contributed by atoms with Gasteiger partial charge in [0.2, 0.25) is 0 Å². The molecule has 7 nitrogen and oxygen atoms in total. The first-order valence-corrected chi connectivity index (χ1v) is 3.15. The minimum atomic E-state index is -1.83. The Morgan fingerprint density at radius 1 is 0.938 bits per heavy atom. The van der Waals surface area contributed by atoms with Gasteiger partial charge in [-0.25, -0.2) is 0 Å². The van der Waals surface area contributed by atoms with Crippen LogP contribution in [0, 0.1) is 0 Å². The van der Waals surface area contributed by atoms with Gasteiger partial charge in [0.05, 0.1) is 18.5 Å². The monoisotopic (exact) mass is 306 g/mol. The van der Waals surface area contributed by atoms with Crippen molar-refractivity contribution in [1.29, 1.82) is 0 Å². The van der Waals surface area contributed by atoms with Gasteiger partial charge in [0.15, 0.2) is 0 Å². The van der Waals surface area contributed by atoms with Crippen molar-refractivity contribution in [3.8, 4) is 0 Å². The number of carbonyl (C=O) groups excluding carboxylic acids is 3. The number of ether oxygens (including phenoxy) is 1. The number of carbonyl (C=O) groups is 3. The van der Waals surface area contributed by atoms with E-state index in [0.717, 1.165) is 0 Å². The molecule has 0 aromatic rings. The molecule has 16 heavy (non-hydrogen) atoms. The Labute approximate surface area is 219 Å². The summed E-state index contributed by atoms with van der Waals surface area (Å²) in [6, 6.07) is 0. The first-order valence-electron chi connectivity index (χ1n) is 3.15. The van der Waals surface area contributed by atoms with E-state index < -0.39 is 37.0 Å². The van der Waals surface area contributed by atoms with Crippen LogP contribution >= 0.6 is 0 Å². The Bertz CT molecular complexity index is 232. The van der Waals surface area contributed by atoms with E-state index >= 15 is 0 Å². The molecule has 0 radical (unpaired) electrons. The van der Waals surface area contributed by atoms with E-state index in [9.17, 15) is 29.7 Å². The Hall–Kier alpha value is 3.28. The summed E-state index contributed by atoms with van der Waals surface area (Å²) >= 11 is 0. The molecule has 1 unspecified atom stereocenters. The second-order valence-electron chi connectivity index (χ2n) is 2.07. The average molecular weight is 306 g/mol. The molecule has 0 heterocycles. The van der Waals surface area contributed by atoms with E-state index in [2.05, 4.69) is 4.74 Å². The van der Waals surface area contributed by atoms with Crippen molar-refractivity contribution >= 4 is 17.9 Å². The number of aliphatic carboxylic acids is 3. The quantitative estimate of drug-likeness (QED) is 0.445. The van der Waals surface area contributed by atoms with Gasteiger partial charge in [-0.15, -0.1) is 0 Å². The molecule has 0 N–H and O–H groups in total. The largest absolute Gasteiger partial charge is 1.00 e. The van der Waals surface area contributed by atoms with Crippen LogP contribution in [0.4, 0.5) is 0 Å². The molecule has 0 spiro atoms. The third-order valence-electron chi connectivity index (χ3n) is 1.02. The molecule has 0 fully saturated rings. The first-order chi connectivity index (χ1) is 5.93. The molecule has 0 aromatic carbocycles. The fourth-order valence-electron chi connectivity index (χ4n) is 0.530. The standard InChI is InChI=1S/C6H8O7.3K/c7-4(8)1-3(6(11)12)13-2-5(9)10;;;/h3H,1-2H2,(H,7,8)(H,9,10)(H,11,12);;;/q;3*+1/p-3. The first kappa shape index (κ1) is 27.6. The Balaban J connectivity index is -0.000000240. The summed E-state index contributed by atoms with van der Waals surface area (Å²) in [5.74, 6) is -5.14. The van der Waals surface area contributed by atoms with Crippen molar-refractivity contribution < 1.29 is 189 Å². The maximum absolute atomic E-state index is 10.1. The number of hydrogen-bond acceptors (Lipinski definition) is 7. The Kier molecular flexibility index (Phi) is 28.2. The van der Waals surface area contributed by atoms with Crippen molar-refractivity contribution in [3.63, 3.8) is 0 Å². The summed E-state index contributed by atoms with van der Waals surface area (Å²) in [6.45, 7) is -1.01. The molecule has 0 aliphatic carbocycles. The number of carboxylic acid groups (broad SMARTS) is 3. The van der Waals surface area contributed by atoms with E-state index in [0.29, 0.717) is 0 Å². The fraction of sp³-hybridized carbons (Fsp3) is 0.500. The van der Waals surface area contributed by atoms with Gasteiger partial charge < -0.3 is 34.4 Å². The van der Waals surface area contributed by atoms with E-state index in [1.54, 1.807) is 0 Å². The summed E-state index contributed by atoms with van der Waals surface area (Å²) in [4.78, 5) is 29.8. The van der Waals surface area contributed by atoms with Crippen LogP contribution in [0.3, 0.4) is 0 Å². The van der Waals surface area contributed by atoms with Gasteiger partial charge in [0.1, 0.15) is 6.10 Å². The predicted molar refractivity (Wildman–Crippen MR) is 29.4 cm³/mol. The van der Waals surface area contributed by atoms with E-state index in [1.807, 2.05) is 0 Å². The van der Waals surface area contributed by atoms with Gasteiger partial charge in [0.25, 0.3) is 0 Å².